The molecule has 0 fully saturated rings. The van der Waals surface area contributed by atoms with Crippen LogP contribution in [0.25, 0.3) is 0 Å². The van der Waals surface area contributed by atoms with Gasteiger partial charge in [-0.05, 0) is 6.07 Å². The predicted octanol–water partition coefficient (Wildman–Crippen LogP) is -0.191. The SMILES string of the molecule is O=C(NCCn1ccnn1)c1ccncc1O. The normalized spacial score (nSPS) is 10.1. The van der Waals surface area contributed by atoms with E-state index in [2.05, 4.69) is 20.6 Å². The van der Waals surface area contributed by atoms with Crippen molar-refractivity contribution in [1.82, 2.24) is 25.3 Å². The molecule has 7 heteroatoms. The van der Waals surface area contributed by atoms with Crippen molar-refractivity contribution >= 4 is 5.91 Å². The van der Waals surface area contributed by atoms with Crippen molar-refractivity contribution in [2.75, 3.05) is 6.54 Å². The molecule has 1 amide bonds. The summed E-state index contributed by atoms with van der Waals surface area (Å²) in [7, 11) is 0. The number of hydrogen-bond donors (Lipinski definition) is 2. The van der Waals surface area contributed by atoms with Gasteiger partial charge in [0.1, 0.15) is 5.75 Å². The first-order valence-electron chi connectivity index (χ1n) is 5.02. The van der Waals surface area contributed by atoms with E-state index in [-0.39, 0.29) is 17.2 Å². The van der Waals surface area contributed by atoms with Gasteiger partial charge in [-0.2, -0.15) is 0 Å². The zero-order chi connectivity index (χ0) is 12.1. The van der Waals surface area contributed by atoms with E-state index >= 15 is 0 Å². The minimum absolute atomic E-state index is 0.134. The molecule has 0 aliphatic heterocycles. The number of pyridine rings is 1. The molecule has 0 unspecified atom stereocenters. The zero-order valence-corrected chi connectivity index (χ0v) is 8.95. The average molecular weight is 233 g/mol. The van der Waals surface area contributed by atoms with E-state index < -0.39 is 0 Å². The molecule has 0 aromatic carbocycles. The van der Waals surface area contributed by atoms with E-state index in [1.165, 1.54) is 18.5 Å². The number of nitrogens with one attached hydrogen (secondary N) is 1. The van der Waals surface area contributed by atoms with Crippen LogP contribution in [0.4, 0.5) is 0 Å². The summed E-state index contributed by atoms with van der Waals surface area (Å²) in [5.41, 5.74) is 0.207. The van der Waals surface area contributed by atoms with Gasteiger partial charge in [-0.1, -0.05) is 5.21 Å². The number of nitrogens with zero attached hydrogens (tertiary/aromatic N) is 4. The van der Waals surface area contributed by atoms with Gasteiger partial charge in [0.2, 0.25) is 0 Å². The van der Waals surface area contributed by atoms with Gasteiger partial charge in [0.25, 0.3) is 5.91 Å². The van der Waals surface area contributed by atoms with E-state index in [4.69, 9.17) is 0 Å². The fraction of sp³-hybridized carbons (Fsp3) is 0.200. The lowest BCUT2D eigenvalue weighted by Crippen LogP contribution is -2.27. The summed E-state index contributed by atoms with van der Waals surface area (Å²) in [6, 6.07) is 1.46. The Morgan fingerprint density at radius 2 is 2.35 bits per heavy atom. The monoisotopic (exact) mass is 233 g/mol. The van der Waals surface area contributed by atoms with Crippen LogP contribution in [-0.4, -0.2) is 37.5 Å². The molecule has 17 heavy (non-hydrogen) atoms. The van der Waals surface area contributed by atoms with Crippen molar-refractivity contribution in [2.24, 2.45) is 0 Å². The Bertz CT molecular complexity index is 497. The average Bonchev–Trinajstić information content (AvgIpc) is 2.82. The van der Waals surface area contributed by atoms with Gasteiger partial charge in [-0.3, -0.25) is 14.5 Å². The highest BCUT2D eigenvalue weighted by Crippen LogP contribution is 2.12. The number of amides is 1. The van der Waals surface area contributed by atoms with Crippen molar-refractivity contribution in [3.05, 3.63) is 36.4 Å². The van der Waals surface area contributed by atoms with E-state index in [1.807, 2.05) is 0 Å². The summed E-state index contributed by atoms with van der Waals surface area (Å²) in [6.45, 7) is 0.932. The molecule has 2 N–H and O–H groups in total. The van der Waals surface area contributed by atoms with Gasteiger partial charge in [-0.15, -0.1) is 5.10 Å². The maximum atomic E-state index is 11.6. The molecule has 0 aliphatic rings. The van der Waals surface area contributed by atoms with Crippen molar-refractivity contribution in [1.29, 1.82) is 0 Å². The first-order valence-corrected chi connectivity index (χ1v) is 5.02. The van der Waals surface area contributed by atoms with Crippen molar-refractivity contribution in [3.63, 3.8) is 0 Å². The Balaban J connectivity index is 1.88. The quantitative estimate of drug-likeness (QED) is 0.763. The second-order valence-electron chi connectivity index (χ2n) is 3.31. The Morgan fingerprint density at radius 3 is 3.06 bits per heavy atom. The second-order valence-corrected chi connectivity index (χ2v) is 3.31. The molecule has 0 radical (unpaired) electrons. The standard InChI is InChI=1S/C10H11N5O2/c16-9-7-11-2-1-8(9)10(17)12-3-5-15-6-4-13-14-15/h1-2,4,6-7,16H,3,5H2,(H,12,17). The van der Waals surface area contributed by atoms with E-state index in [9.17, 15) is 9.90 Å². The van der Waals surface area contributed by atoms with Gasteiger partial charge in [0.15, 0.2) is 0 Å². The molecule has 0 bridgehead atoms. The number of aromatic hydroxyl groups is 1. The lowest BCUT2D eigenvalue weighted by molar-refractivity contribution is 0.0949. The maximum Gasteiger partial charge on any atom is 0.255 e. The lowest BCUT2D eigenvalue weighted by Gasteiger charge is -2.05. The summed E-state index contributed by atoms with van der Waals surface area (Å²) in [5.74, 6) is -0.476. The molecule has 0 aliphatic carbocycles. The molecule has 2 aromatic rings. The van der Waals surface area contributed by atoms with Crippen LogP contribution < -0.4 is 5.32 Å². The van der Waals surface area contributed by atoms with Gasteiger partial charge in [0.05, 0.1) is 24.5 Å². The van der Waals surface area contributed by atoms with Gasteiger partial charge in [0, 0.05) is 18.9 Å². The van der Waals surface area contributed by atoms with Crippen LogP contribution in [0.15, 0.2) is 30.9 Å². The van der Waals surface area contributed by atoms with Crippen LogP contribution in [0.3, 0.4) is 0 Å². The Hall–Kier alpha value is -2.44. The zero-order valence-electron chi connectivity index (χ0n) is 8.95. The number of rotatable bonds is 4. The third kappa shape index (κ3) is 2.77. The van der Waals surface area contributed by atoms with Crippen LogP contribution in [0.2, 0.25) is 0 Å². The molecule has 2 aromatic heterocycles. The van der Waals surface area contributed by atoms with Crippen LogP contribution in [0.5, 0.6) is 5.75 Å². The fourth-order valence-electron chi connectivity index (χ4n) is 1.31. The molecule has 0 spiro atoms. The molecule has 7 nitrogen and oxygen atoms in total. The minimum Gasteiger partial charge on any atom is -0.505 e. The Labute approximate surface area is 97.1 Å². The first-order chi connectivity index (χ1) is 8.27. The summed E-state index contributed by atoms with van der Waals surface area (Å²) in [4.78, 5) is 15.3. The second kappa shape index (κ2) is 5.06. The highest BCUT2D eigenvalue weighted by molar-refractivity contribution is 5.96. The molecule has 0 saturated heterocycles. The Kier molecular flexibility index (Phi) is 3.29. The fourth-order valence-corrected chi connectivity index (χ4v) is 1.31. The summed E-state index contributed by atoms with van der Waals surface area (Å²) in [6.07, 6.45) is 5.95. The molecule has 2 rings (SSSR count). The van der Waals surface area contributed by atoms with E-state index in [0.717, 1.165) is 0 Å². The van der Waals surface area contributed by atoms with Crippen molar-refractivity contribution in [3.8, 4) is 5.75 Å². The van der Waals surface area contributed by atoms with Crippen LogP contribution in [-0.2, 0) is 6.54 Å². The van der Waals surface area contributed by atoms with Gasteiger partial charge in [-0.25, -0.2) is 0 Å². The van der Waals surface area contributed by atoms with E-state index in [0.29, 0.717) is 13.1 Å². The van der Waals surface area contributed by atoms with Crippen molar-refractivity contribution in [2.45, 2.75) is 6.54 Å². The molecule has 2 heterocycles. The first kappa shape index (κ1) is 11.1. The molecular weight excluding hydrogens is 222 g/mol. The maximum absolute atomic E-state index is 11.6. The highest BCUT2D eigenvalue weighted by Gasteiger charge is 2.09. The third-order valence-electron chi connectivity index (χ3n) is 2.14. The molecule has 0 saturated carbocycles. The van der Waals surface area contributed by atoms with Crippen LogP contribution >= 0.6 is 0 Å². The number of carbonyl (C=O) groups is 1. The number of carbonyl (C=O) groups excluding carboxylic acids is 1. The largest absolute Gasteiger partial charge is 0.505 e. The molecule has 88 valence electrons. The summed E-state index contributed by atoms with van der Waals surface area (Å²) < 4.78 is 1.60. The lowest BCUT2D eigenvalue weighted by atomic mass is 10.2. The topological polar surface area (TPSA) is 92.9 Å². The number of hydrogen-bond acceptors (Lipinski definition) is 5. The third-order valence-corrected chi connectivity index (χ3v) is 2.14. The van der Waals surface area contributed by atoms with Gasteiger partial charge < -0.3 is 10.4 Å². The van der Waals surface area contributed by atoms with Crippen molar-refractivity contribution < 1.29 is 9.90 Å². The molecule has 0 atom stereocenters. The summed E-state index contributed by atoms with van der Waals surface area (Å²) >= 11 is 0. The van der Waals surface area contributed by atoms with Crippen LogP contribution in [0, 0.1) is 0 Å². The van der Waals surface area contributed by atoms with E-state index in [1.54, 1.807) is 17.1 Å². The minimum atomic E-state index is -0.343. The predicted molar refractivity (Wildman–Crippen MR) is 58.3 cm³/mol. The summed E-state index contributed by atoms with van der Waals surface area (Å²) in [5, 5.41) is 19.5. The smallest absolute Gasteiger partial charge is 0.255 e. The van der Waals surface area contributed by atoms with Crippen LogP contribution in [0.1, 0.15) is 10.4 Å². The molecular formula is C10H11N5O2. The highest BCUT2D eigenvalue weighted by atomic mass is 16.3. The van der Waals surface area contributed by atoms with Gasteiger partial charge >= 0.3 is 0 Å². The number of aromatic nitrogens is 4. The Morgan fingerprint density at radius 1 is 1.47 bits per heavy atom.